The highest BCUT2D eigenvalue weighted by Crippen LogP contribution is 2.02. The van der Waals surface area contributed by atoms with E-state index in [2.05, 4.69) is 15.4 Å². The maximum absolute atomic E-state index is 11.8. The molecule has 2 atom stereocenters. The Bertz CT molecular complexity index is 393. The van der Waals surface area contributed by atoms with Gasteiger partial charge in [-0.05, 0) is 34.1 Å². The SMILES string of the molecule is CCC(C)NC(=O)C(C)NCC(C)(C)NS(C)(=O)=O. The molecule has 0 aromatic heterocycles. The number of hydrogen-bond donors (Lipinski definition) is 3. The van der Waals surface area contributed by atoms with E-state index in [1.54, 1.807) is 20.8 Å². The second-order valence-electron chi connectivity index (χ2n) is 5.68. The van der Waals surface area contributed by atoms with Crippen molar-refractivity contribution in [1.29, 1.82) is 0 Å². The maximum atomic E-state index is 11.8. The molecule has 114 valence electrons. The molecule has 7 heteroatoms. The predicted octanol–water partition coefficient (Wildman–Crippen LogP) is 0.207. The highest BCUT2D eigenvalue weighted by Gasteiger charge is 2.24. The van der Waals surface area contributed by atoms with Crippen molar-refractivity contribution >= 4 is 15.9 Å². The van der Waals surface area contributed by atoms with Crippen molar-refractivity contribution in [3.05, 3.63) is 0 Å². The van der Waals surface area contributed by atoms with Crippen molar-refractivity contribution in [2.24, 2.45) is 0 Å². The van der Waals surface area contributed by atoms with Gasteiger partial charge in [0.1, 0.15) is 0 Å². The quantitative estimate of drug-likeness (QED) is 0.597. The van der Waals surface area contributed by atoms with Crippen LogP contribution in [0.1, 0.15) is 41.0 Å². The minimum absolute atomic E-state index is 0.0792. The Morgan fingerprint density at radius 2 is 1.79 bits per heavy atom. The van der Waals surface area contributed by atoms with Crippen molar-refractivity contribution < 1.29 is 13.2 Å². The van der Waals surface area contributed by atoms with Crippen LogP contribution in [0.2, 0.25) is 0 Å². The van der Waals surface area contributed by atoms with E-state index < -0.39 is 15.6 Å². The molecule has 0 aromatic rings. The molecule has 19 heavy (non-hydrogen) atoms. The molecule has 0 saturated heterocycles. The van der Waals surface area contributed by atoms with Gasteiger partial charge in [0.25, 0.3) is 0 Å². The number of hydrogen-bond acceptors (Lipinski definition) is 4. The Morgan fingerprint density at radius 3 is 2.21 bits per heavy atom. The van der Waals surface area contributed by atoms with E-state index in [1.165, 1.54) is 0 Å². The molecular weight excluding hydrogens is 266 g/mol. The van der Waals surface area contributed by atoms with Crippen molar-refractivity contribution in [1.82, 2.24) is 15.4 Å². The topological polar surface area (TPSA) is 87.3 Å². The summed E-state index contributed by atoms with van der Waals surface area (Å²) in [5, 5.41) is 5.91. The van der Waals surface area contributed by atoms with Crippen molar-refractivity contribution in [2.75, 3.05) is 12.8 Å². The fraction of sp³-hybridized carbons (Fsp3) is 0.917. The van der Waals surface area contributed by atoms with Crippen molar-refractivity contribution in [3.63, 3.8) is 0 Å². The fourth-order valence-corrected chi connectivity index (χ4v) is 2.58. The van der Waals surface area contributed by atoms with E-state index in [1.807, 2.05) is 13.8 Å². The third-order valence-corrected chi connectivity index (χ3v) is 3.63. The Balaban J connectivity index is 4.28. The molecule has 0 fully saturated rings. The summed E-state index contributed by atoms with van der Waals surface area (Å²) >= 11 is 0. The molecule has 6 nitrogen and oxygen atoms in total. The minimum atomic E-state index is -3.26. The smallest absolute Gasteiger partial charge is 0.237 e. The second-order valence-corrected chi connectivity index (χ2v) is 7.43. The summed E-state index contributed by atoms with van der Waals surface area (Å²) in [6, 6.07) is -0.228. The van der Waals surface area contributed by atoms with Crippen LogP contribution in [0, 0.1) is 0 Å². The van der Waals surface area contributed by atoms with Crippen LogP contribution in [0.4, 0.5) is 0 Å². The van der Waals surface area contributed by atoms with Crippen molar-refractivity contribution in [2.45, 2.75) is 58.7 Å². The lowest BCUT2D eigenvalue weighted by molar-refractivity contribution is -0.123. The number of carbonyl (C=O) groups is 1. The zero-order valence-corrected chi connectivity index (χ0v) is 13.5. The lowest BCUT2D eigenvalue weighted by atomic mass is 10.1. The van der Waals surface area contributed by atoms with Crippen LogP contribution in [0.15, 0.2) is 0 Å². The first-order chi connectivity index (χ1) is 8.47. The first kappa shape index (κ1) is 18.3. The van der Waals surface area contributed by atoms with Crippen LogP contribution in [0.25, 0.3) is 0 Å². The fourth-order valence-electron chi connectivity index (χ4n) is 1.51. The number of nitrogens with one attached hydrogen (secondary N) is 3. The molecule has 3 N–H and O–H groups in total. The molecule has 0 bridgehead atoms. The summed E-state index contributed by atoms with van der Waals surface area (Å²) in [5.41, 5.74) is -0.640. The van der Waals surface area contributed by atoms with Gasteiger partial charge in [-0.1, -0.05) is 6.92 Å². The van der Waals surface area contributed by atoms with E-state index in [0.29, 0.717) is 6.54 Å². The molecular formula is C12H27N3O3S. The third kappa shape index (κ3) is 8.96. The van der Waals surface area contributed by atoms with Gasteiger partial charge in [0, 0.05) is 18.1 Å². The predicted molar refractivity (Wildman–Crippen MR) is 77.4 cm³/mol. The molecule has 0 rings (SSSR count). The number of carbonyl (C=O) groups excluding carboxylic acids is 1. The highest BCUT2D eigenvalue weighted by atomic mass is 32.2. The molecule has 2 unspecified atom stereocenters. The Morgan fingerprint density at radius 1 is 1.26 bits per heavy atom. The van der Waals surface area contributed by atoms with Gasteiger partial charge < -0.3 is 10.6 Å². The summed E-state index contributed by atoms with van der Waals surface area (Å²) in [6.45, 7) is 9.60. The Labute approximate surface area is 116 Å². The average molecular weight is 293 g/mol. The van der Waals surface area contributed by atoms with Gasteiger partial charge in [0.2, 0.25) is 15.9 Å². The van der Waals surface area contributed by atoms with Crippen LogP contribution < -0.4 is 15.4 Å². The van der Waals surface area contributed by atoms with Gasteiger partial charge in [-0.25, -0.2) is 13.1 Å². The Kier molecular flexibility index (Phi) is 6.96. The first-order valence-electron chi connectivity index (χ1n) is 6.49. The summed E-state index contributed by atoms with van der Waals surface area (Å²) in [6.07, 6.45) is 1.99. The van der Waals surface area contributed by atoms with Gasteiger partial charge in [0.05, 0.1) is 12.3 Å². The van der Waals surface area contributed by atoms with Crippen LogP contribution in [0.5, 0.6) is 0 Å². The van der Waals surface area contributed by atoms with Crippen LogP contribution in [0.3, 0.4) is 0 Å². The van der Waals surface area contributed by atoms with Crippen LogP contribution in [-0.4, -0.2) is 44.7 Å². The Hall–Kier alpha value is -0.660. The highest BCUT2D eigenvalue weighted by molar-refractivity contribution is 7.88. The molecule has 0 radical (unpaired) electrons. The van der Waals surface area contributed by atoms with Crippen LogP contribution >= 0.6 is 0 Å². The summed E-state index contributed by atoms with van der Waals surface area (Å²) in [5.74, 6) is -0.0792. The number of rotatable bonds is 8. The molecule has 0 aliphatic carbocycles. The molecule has 1 amide bonds. The minimum Gasteiger partial charge on any atom is -0.352 e. The molecule has 0 aliphatic heterocycles. The van der Waals surface area contributed by atoms with Gasteiger partial charge in [0.15, 0.2) is 0 Å². The number of amides is 1. The lowest BCUT2D eigenvalue weighted by Gasteiger charge is -2.27. The van der Waals surface area contributed by atoms with E-state index in [-0.39, 0.29) is 18.0 Å². The lowest BCUT2D eigenvalue weighted by Crippen LogP contribution is -2.54. The van der Waals surface area contributed by atoms with Gasteiger partial charge in [-0.15, -0.1) is 0 Å². The van der Waals surface area contributed by atoms with E-state index in [4.69, 9.17) is 0 Å². The summed E-state index contributed by atoms with van der Waals surface area (Å²) in [7, 11) is -3.26. The maximum Gasteiger partial charge on any atom is 0.237 e. The average Bonchev–Trinajstić information content (AvgIpc) is 2.22. The zero-order valence-electron chi connectivity index (χ0n) is 12.7. The van der Waals surface area contributed by atoms with Crippen LogP contribution in [-0.2, 0) is 14.8 Å². The monoisotopic (exact) mass is 293 g/mol. The summed E-state index contributed by atoms with van der Waals surface area (Å²) < 4.78 is 24.9. The zero-order chi connectivity index (χ0) is 15.3. The normalized spacial score (nSPS) is 15.9. The standard InChI is InChI=1S/C12H27N3O3S/c1-7-9(2)14-11(16)10(3)13-8-12(4,5)15-19(6,17)18/h9-10,13,15H,7-8H2,1-6H3,(H,14,16). The largest absolute Gasteiger partial charge is 0.352 e. The van der Waals surface area contributed by atoms with Gasteiger partial charge >= 0.3 is 0 Å². The second kappa shape index (κ2) is 7.21. The third-order valence-electron chi connectivity index (χ3n) is 2.71. The molecule has 0 saturated carbocycles. The number of sulfonamides is 1. The van der Waals surface area contributed by atoms with Gasteiger partial charge in [-0.3, -0.25) is 4.79 Å². The van der Waals surface area contributed by atoms with Crippen molar-refractivity contribution in [3.8, 4) is 0 Å². The molecule has 0 aromatic carbocycles. The van der Waals surface area contributed by atoms with Gasteiger partial charge in [-0.2, -0.15) is 0 Å². The molecule has 0 heterocycles. The van der Waals surface area contributed by atoms with E-state index >= 15 is 0 Å². The van der Waals surface area contributed by atoms with E-state index in [9.17, 15) is 13.2 Å². The van der Waals surface area contributed by atoms with E-state index in [0.717, 1.165) is 12.7 Å². The molecule has 0 spiro atoms. The summed E-state index contributed by atoms with van der Waals surface area (Å²) in [4.78, 5) is 11.8. The molecule has 0 aliphatic rings. The first-order valence-corrected chi connectivity index (χ1v) is 8.38.